The van der Waals surface area contributed by atoms with Crippen LogP contribution in [0.2, 0.25) is 0 Å². The number of hydrogen-bond acceptors (Lipinski definition) is 5. The van der Waals surface area contributed by atoms with Gasteiger partial charge in [-0.2, -0.15) is 0 Å². The molecule has 140 valence electrons. The first-order chi connectivity index (χ1) is 13.5. The summed E-state index contributed by atoms with van der Waals surface area (Å²) in [4.78, 5) is 30.2. The average Bonchev–Trinajstić information content (AvgIpc) is 3.11. The van der Waals surface area contributed by atoms with Gasteiger partial charge in [0.1, 0.15) is 0 Å². The van der Waals surface area contributed by atoms with E-state index in [1.54, 1.807) is 42.8 Å². The average molecular weight is 388 g/mol. The third-order valence-corrected chi connectivity index (χ3v) is 6.11. The lowest BCUT2D eigenvalue weighted by Gasteiger charge is -2.30. The van der Waals surface area contributed by atoms with Crippen molar-refractivity contribution >= 4 is 33.0 Å². The number of pyridine rings is 1. The van der Waals surface area contributed by atoms with Gasteiger partial charge >= 0.3 is 0 Å². The Morgan fingerprint density at radius 3 is 2.50 bits per heavy atom. The number of aromatic nitrogens is 1. The van der Waals surface area contributed by atoms with Crippen molar-refractivity contribution in [1.82, 2.24) is 10.3 Å². The van der Waals surface area contributed by atoms with Crippen molar-refractivity contribution in [3.8, 4) is 0 Å². The number of rotatable bonds is 4. The third-order valence-electron chi connectivity index (χ3n) is 5.13. The van der Waals surface area contributed by atoms with Crippen LogP contribution in [-0.2, 0) is 4.79 Å². The van der Waals surface area contributed by atoms with Gasteiger partial charge in [0, 0.05) is 51.1 Å². The number of carbonyl (C=O) groups excluding carboxylic acids is 2. The highest BCUT2D eigenvalue weighted by molar-refractivity contribution is 7.17. The number of thiophene rings is 1. The standard InChI is InChI=1S/C23H20N2O2S/c1-13-20(15(3)26)22(18-12-28-19-9-5-4-8-17(18)19)21(14(2)25-13)23(27)16-7-6-10-24-11-16/h4-12,22,25H,1-3H3. The third kappa shape index (κ3) is 2.98. The number of allylic oxidation sites excluding steroid dienone is 4. The molecule has 0 bridgehead atoms. The van der Waals surface area contributed by atoms with Gasteiger partial charge in [-0.25, -0.2) is 0 Å². The van der Waals surface area contributed by atoms with Crippen molar-refractivity contribution in [2.45, 2.75) is 26.7 Å². The zero-order valence-corrected chi connectivity index (χ0v) is 16.8. The predicted molar refractivity (Wildman–Crippen MR) is 112 cm³/mol. The van der Waals surface area contributed by atoms with E-state index in [2.05, 4.69) is 27.8 Å². The highest BCUT2D eigenvalue weighted by atomic mass is 32.1. The first-order valence-electron chi connectivity index (χ1n) is 9.09. The largest absolute Gasteiger partial charge is 0.362 e. The quantitative estimate of drug-likeness (QED) is 0.639. The molecule has 0 saturated heterocycles. The Kier molecular flexibility index (Phi) is 4.69. The van der Waals surface area contributed by atoms with Crippen LogP contribution in [0.25, 0.3) is 10.1 Å². The molecule has 28 heavy (non-hydrogen) atoms. The molecule has 1 aliphatic heterocycles. The fourth-order valence-electron chi connectivity index (χ4n) is 3.95. The maximum Gasteiger partial charge on any atom is 0.193 e. The molecule has 1 aliphatic rings. The Morgan fingerprint density at radius 1 is 1.04 bits per heavy atom. The minimum Gasteiger partial charge on any atom is -0.362 e. The van der Waals surface area contributed by atoms with Crippen LogP contribution < -0.4 is 5.32 Å². The Balaban J connectivity index is 1.96. The van der Waals surface area contributed by atoms with E-state index < -0.39 is 5.92 Å². The van der Waals surface area contributed by atoms with Crippen LogP contribution >= 0.6 is 11.3 Å². The van der Waals surface area contributed by atoms with Crippen LogP contribution in [0.1, 0.15) is 42.6 Å². The van der Waals surface area contributed by atoms with Crippen LogP contribution in [0.3, 0.4) is 0 Å². The zero-order valence-electron chi connectivity index (χ0n) is 15.9. The molecule has 4 nitrogen and oxygen atoms in total. The Labute approximate surface area is 167 Å². The van der Waals surface area contributed by atoms with Gasteiger partial charge in [0.05, 0.1) is 0 Å². The number of dihydropyridines is 1. The number of ketones is 2. The fourth-order valence-corrected chi connectivity index (χ4v) is 4.93. The summed E-state index contributed by atoms with van der Waals surface area (Å²) >= 11 is 1.63. The molecular weight excluding hydrogens is 368 g/mol. The Morgan fingerprint density at radius 2 is 1.79 bits per heavy atom. The molecule has 0 amide bonds. The lowest BCUT2D eigenvalue weighted by Crippen LogP contribution is -2.30. The second-order valence-electron chi connectivity index (χ2n) is 6.95. The number of Topliss-reactive ketones (excluding diaryl/α,β-unsaturated/α-hetero) is 2. The number of benzene rings is 1. The van der Waals surface area contributed by atoms with E-state index in [1.165, 1.54) is 0 Å². The van der Waals surface area contributed by atoms with Gasteiger partial charge in [0.15, 0.2) is 11.6 Å². The van der Waals surface area contributed by atoms with Gasteiger partial charge in [-0.3, -0.25) is 14.6 Å². The van der Waals surface area contributed by atoms with Gasteiger partial charge in [0.25, 0.3) is 0 Å². The maximum absolute atomic E-state index is 13.5. The molecule has 0 spiro atoms. The van der Waals surface area contributed by atoms with Crippen LogP contribution in [-0.4, -0.2) is 16.6 Å². The van der Waals surface area contributed by atoms with E-state index in [4.69, 9.17) is 0 Å². The Hall–Kier alpha value is -3.05. The molecule has 0 radical (unpaired) electrons. The molecular formula is C23H20N2O2S. The second kappa shape index (κ2) is 7.17. The molecule has 1 aromatic carbocycles. The Bertz CT molecular complexity index is 1160. The summed E-state index contributed by atoms with van der Waals surface area (Å²) in [5.74, 6) is -0.540. The van der Waals surface area contributed by atoms with E-state index in [0.717, 1.165) is 27.0 Å². The molecule has 3 heterocycles. The lowest BCUT2D eigenvalue weighted by molar-refractivity contribution is -0.113. The number of nitrogens with one attached hydrogen (secondary N) is 1. The van der Waals surface area contributed by atoms with E-state index >= 15 is 0 Å². The SMILES string of the molecule is CC(=O)C1=C(C)NC(C)=C(C(=O)c2cccnc2)C1c1csc2ccccc12. The van der Waals surface area contributed by atoms with Gasteiger partial charge in [-0.05, 0) is 55.3 Å². The van der Waals surface area contributed by atoms with E-state index in [-0.39, 0.29) is 11.6 Å². The van der Waals surface area contributed by atoms with Gasteiger partial charge in [-0.1, -0.05) is 18.2 Å². The minimum absolute atomic E-state index is 0.0331. The van der Waals surface area contributed by atoms with Crippen molar-refractivity contribution in [2.24, 2.45) is 0 Å². The number of carbonyl (C=O) groups is 2. The highest BCUT2D eigenvalue weighted by Crippen LogP contribution is 2.44. The van der Waals surface area contributed by atoms with Gasteiger partial charge in [-0.15, -0.1) is 11.3 Å². The van der Waals surface area contributed by atoms with Crippen molar-refractivity contribution in [1.29, 1.82) is 0 Å². The minimum atomic E-state index is -0.400. The molecule has 2 aromatic heterocycles. The number of hydrogen-bond donors (Lipinski definition) is 1. The van der Waals surface area contributed by atoms with E-state index in [9.17, 15) is 9.59 Å². The van der Waals surface area contributed by atoms with Crippen molar-refractivity contribution < 1.29 is 9.59 Å². The molecule has 4 rings (SSSR count). The van der Waals surface area contributed by atoms with E-state index in [0.29, 0.717) is 16.7 Å². The number of nitrogens with zero attached hydrogens (tertiary/aromatic N) is 1. The van der Waals surface area contributed by atoms with Crippen molar-refractivity contribution in [3.05, 3.63) is 87.8 Å². The molecule has 5 heteroatoms. The van der Waals surface area contributed by atoms with E-state index in [1.807, 2.05) is 26.0 Å². The van der Waals surface area contributed by atoms with Gasteiger partial charge < -0.3 is 5.32 Å². The van der Waals surface area contributed by atoms with Crippen molar-refractivity contribution in [3.63, 3.8) is 0 Å². The highest BCUT2D eigenvalue weighted by Gasteiger charge is 2.36. The van der Waals surface area contributed by atoms with Crippen LogP contribution in [0.5, 0.6) is 0 Å². The smallest absolute Gasteiger partial charge is 0.193 e. The lowest BCUT2D eigenvalue weighted by atomic mass is 9.76. The summed E-state index contributed by atoms with van der Waals surface area (Å²) in [5, 5.41) is 6.40. The van der Waals surface area contributed by atoms with Crippen LogP contribution in [0, 0.1) is 0 Å². The molecule has 3 aromatic rings. The summed E-state index contributed by atoms with van der Waals surface area (Å²) in [7, 11) is 0. The predicted octanol–water partition coefficient (Wildman–Crippen LogP) is 5.00. The molecule has 1 atom stereocenters. The van der Waals surface area contributed by atoms with Crippen LogP contribution in [0.4, 0.5) is 0 Å². The zero-order chi connectivity index (χ0) is 19.8. The first-order valence-corrected chi connectivity index (χ1v) is 9.97. The monoisotopic (exact) mass is 388 g/mol. The second-order valence-corrected chi connectivity index (χ2v) is 7.86. The molecule has 1 unspecified atom stereocenters. The normalized spacial score (nSPS) is 17.0. The summed E-state index contributed by atoms with van der Waals surface area (Å²) in [6, 6.07) is 11.6. The summed E-state index contributed by atoms with van der Waals surface area (Å²) in [6.07, 6.45) is 3.22. The fraction of sp³-hybridized carbons (Fsp3) is 0.174. The van der Waals surface area contributed by atoms with Crippen molar-refractivity contribution in [2.75, 3.05) is 0 Å². The summed E-state index contributed by atoms with van der Waals surface area (Å²) < 4.78 is 1.14. The number of fused-ring (bicyclic) bond motifs is 1. The van der Waals surface area contributed by atoms with Gasteiger partial charge in [0.2, 0.25) is 0 Å². The molecule has 0 aliphatic carbocycles. The summed E-state index contributed by atoms with van der Waals surface area (Å²) in [5.41, 5.74) is 4.34. The topological polar surface area (TPSA) is 59.1 Å². The first kappa shape index (κ1) is 18.3. The molecule has 0 saturated carbocycles. The van der Waals surface area contributed by atoms with Crippen LogP contribution in [0.15, 0.2) is 76.7 Å². The molecule has 1 N–H and O–H groups in total. The summed E-state index contributed by atoms with van der Waals surface area (Å²) in [6.45, 7) is 5.35. The molecule has 0 fully saturated rings. The maximum atomic E-state index is 13.5.